The molecule has 0 spiro atoms. The minimum atomic E-state index is -4.40. The van der Waals surface area contributed by atoms with E-state index in [1.807, 2.05) is 68.4 Å². The summed E-state index contributed by atoms with van der Waals surface area (Å²) < 4.78 is 39.6. The predicted molar refractivity (Wildman–Crippen MR) is 143 cm³/mol. The van der Waals surface area contributed by atoms with Crippen LogP contribution < -0.4 is 21.7 Å². The SMILES string of the molecule is CC.CCCNC(N)c1ccccc1.CN=C1NC(c2ccccc2C(F)(F)F)Nc2ccccc21. The molecule has 0 saturated carbocycles. The van der Waals surface area contributed by atoms with Crippen LogP contribution in [0.5, 0.6) is 0 Å². The molecule has 194 valence electrons. The Morgan fingerprint density at radius 1 is 0.917 bits per heavy atom. The Labute approximate surface area is 212 Å². The van der Waals surface area contributed by atoms with Gasteiger partial charge in [-0.2, -0.15) is 13.2 Å². The van der Waals surface area contributed by atoms with Crippen LogP contribution in [0.15, 0.2) is 83.9 Å². The molecule has 0 radical (unpaired) electrons. The number of amidine groups is 1. The second kappa shape index (κ2) is 14.3. The van der Waals surface area contributed by atoms with Crippen LogP contribution in [-0.4, -0.2) is 19.4 Å². The highest BCUT2D eigenvalue weighted by molar-refractivity contribution is 6.05. The molecule has 1 heterocycles. The third kappa shape index (κ3) is 7.83. The number of nitrogens with two attached hydrogens (primary N) is 1. The number of nitrogens with one attached hydrogen (secondary N) is 3. The van der Waals surface area contributed by atoms with Crippen molar-refractivity contribution in [2.45, 2.75) is 45.7 Å². The molecule has 0 bridgehead atoms. The zero-order valence-electron chi connectivity index (χ0n) is 21.2. The summed E-state index contributed by atoms with van der Waals surface area (Å²) in [6.45, 7) is 7.10. The number of aliphatic imine (C=N–C) groups is 1. The number of hydrogen-bond donors (Lipinski definition) is 4. The third-order valence-electron chi connectivity index (χ3n) is 5.34. The minimum Gasteiger partial charge on any atom is -0.361 e. The lowest BCUT2D eigenvalue weighted by molar-refractivity contribution is -0.138. The van der Waals surface area contributed by atoms with Crippen LogP contribution in [0.4, 0.5) is 18.9 Å². The fourth-order valence-electron chi connectivity index (χ4n) is 3.65. The standard InChI is InChI=1S/C16H14F3N3.C10H16N2.C2H6/c1-20-14-11-7-3-5-9-13(11)21-15(22-14)10-6-2-4-8-12(10)16(17,18)19;1-2-8-12-10(11)9-6-4-3-5-7-9;1-2/h2-9,15,21H,1H3,(H,20,22);3-7,10,12H,2,8,11H2,1H3;1-2H3. The number of rotatable bonds is 5. The van der Waals surface area contributed by atoms with Crippen LogP contribution in [0, 0.1) is 0 Å². The number of alkyl halides is 3. The number of para-hydroxylation sites is 1. The summed E-state index contributed by atoms with van der Waals surface area (Å²) in [5, 5.41) is 9.35. The molecule has 3 aromatic carbocycles. The Balaban J connectivity index is 0.000000277. The topological polar surface area (TPSA) is 74.5 Å². The van der Waals surface area contributed by atoms with Crippen molar-refractivity contribution < 1.29 is 13.2 Å². The zero-order valence-corrected chi connectivity index (χ0v) is 21.2. The Morgan fingerprint density at radius 3 is 2.17 bits per heavy atom. The summed E-state index contributed by atoms with van der Waals surface area (Å²) in [5.74, 6) is 0.566. The fraction of sp³-hybridized carbons (Fsp3) is 0.321. The fourth-order valence-corrected chi connectivity index (χ4v) is 3.65. The molecule has 2 atom stereocenters. The first-order valence-corrected chi connectivity index (χ1v) is 12.1. The van der Waals surface area contributed by atoms with Gasteiger partial charge in [0.2, 0.25) is 0 Å². The molecule has 5 nitrogen and oxygen atoms in total. The van der Waals surface area contributed by atoms with Crippen molar-refractivity contribution >= 4 is 11.5 Å². The summed E-state index contributed by atoms with van der Waals surface area (Å²) in [6, 6.07) is 23.0. The molecule has 0 aromatic heterocycles. The molecule has 0 saturated heterocycles. The van der Waals surface area contributed by atoms with Crippen LogP contribution in [0.25, 0.3) is 0 Å². The van der Waals surface area contributed by atoms with Gasteiger partial charge in [-0.05, 0) is 36.7 Å². The molecule has 4 rings (SSSR count). The van der Waals surface area contributed by atoms with Gasteiger partial charge in [0.25, 0.3) is 0 Å². The van der Waals surface area contributed by atoms with Crippen LogP contribution in [0.3, 0.4) is 0 Å². The van der Waals surface area contributed by atoms with Gasteiger partial charge < -0.3 is 16.4 Å². The van der Waals surface area contributed by atoms with Gasteiger partial charge in [-0.1, -0.05) is 81.4 Å². The van der Waals surface area contributed by atoms with Crippen LogP contribution in [0.2, 0.25) is 0 Å². The highest BCUT2D eigenvalue weighted by Gasteiger charge is 2.36. The van der Waals surface area contributed by atoms with E-state index < -0.39 is 17.9 Å². The Hall–Kier alpha value is -3.36. The largest absolute Gasteiger partial charge is 0.416 e. The quantitative estimate of drug-likeness (QED) is 0.304. The van der Waals surface area contributed by atoms with Gasteiger partial charge in [-0.3, -0.25) is 10.3 Å². The van der Waals surface area contributed by atoms with Crippen LogP contribution in [-0.2, 0) is 6.18 Å². The molecule has 2 unspecified atom stereocenters. The molecular formula is C28H36F3N5. The summed E-state index contributed by atoms with van der Waals surface area (Å²) >= 11 is 0. The van der Waals surface area contributed by atoms with E-state index in [2.05, 4.69) is 27.9 Å². The van der Waals surface area contributed by atoms with Crippen molar-refractivity contribution in [3.8, 4) is 0 Å². The smallest absolute Gasteiger partial charge is 0.361 e. The second-order valence-corrected chi connectivity index (χ2v) is 7.77. The van der Waals surface area contributed by atoms with E-state index in [0.717, 1.165) is 35.8 Å². The van der Waals surface area contributed by atoms with E-state index in [1.54, 1.807) is 13.1 Å². The zero-order chi connectivity index (χ0) is 26.6. The number of hydrogen-bond acceptors (Lipinski definition) is 4. The highest BCUT2D eigenvalue weighted by Crippen LogP contribution is 2.36. The molecule has 0 fully saturated rings. The van der Waals surface area contributed by atoms with Crippen molar-refractivity contribution in [3.05, 3.63) is 101 Å². The normalized spacial score (nSPS) is 16.2. The second-order valence-electron chi connectivity index (χ2n) is 7.77. The maximum atomic E-state index is 13.2. The van der Waals surface area contributed by atoms with E-state index in [9.17, 15) is 13.2 Å². The summed E-state index contributed by atoms with van der Waals surface area (Å²) in [6.07, 6.45) is -4.00. The number of halogens is 3. The minimum absolute atomic E-state index is 0.0221. The average molecular weight is 500 g/mol. The van der Waals surface area contributed by atoms with Gasteiger partial charge in [-0.15, -0.1) is 0 Å². The van der Waals surface area contributed by atoms with Crippen molar-refractivity contribution in [3.63, 3.8) is 0 Å². The predicted octanol–water partition coefficient (Wildman–Crippen LogP) is 6.47. The average Bonchev–Trinajstić information content (AvgIpc) is 2.92. The molecule has 36 heavy (non-hydrogen) atoms. The Bertz CT molecular complexity index is 1080. The van der Waals surface area contributed by atoms with Crippen molar-refractivity contribution in [1.29, 1.82) is 0 Å². The molecule has 0 aliphatic carbocycles. The summed E-state index contributed by atoms with van der Waals surface area (Å²) in [4.78, 5) is 4.14. The lowest BCUT2D eigenvalue weighted by Gasteiger charge is -2.31. The van der Waals surface area contributed by atoms with E-state index in [0.29, 0.717) is 5.84 Å². The molecular weight excluding hydrogens is 463 g/mol. The molecule has 8 heteroatoms. The number of fused-ring (bicyclic) bond motifs is 1. The first kappa shape index (κ1) is 28.9. The van der Waals surface area contributed by atoms with E-state index >= 15 is 0 Å². The maximum absolute atomic E-state index is 13.2. The number of anilines is 1. The first-order valence-electron chi connectivity index (χ1n) is 12.1. The Morgan fingerprint density at radius 2 is 1.53 bits per heavy atom. The lowest BCUT2D eigenvalue weighted by atomic mass is 10.0. The van der Waals surface area contributed by atoms with Gasteiger partial charge in [0.05, 0.1) is 11.7 Å². The summed E-state index contributed by atoms with van der Waals surface area (Å²) in [5.41, 5.74) is 8.09. The van der Waals surface area contributed by atoms with Crippen molar-refractivity contribution in [2.75, 3.05) is 18.9 Å². The highest BCUT2D eigenvalue weighted by atomic mass is 19.4. The molecule has 3 aromatic rings. The number of nitrogens with zero attached hydrogens (tertiary/aromatic N) is 1. The third-order valence-corrected chi connectivity index (χ3v) is 5.34. The summed E-state index contributed by atoms with van der Waals surface area (Å²) in [7, 11) is 1.61. The van der Waals surface area contributed by atoms with Crippen molar-refractivity contribution in [1.82, 2.24) is 10.6 Å². The van der Waals surface area contributed by atoms with Crippen molar-refractivity contribution in [2.24, 2.45) is 10.7 Å². The van der Waals surface area contributed by atoms with Gasteiger partial charge in [-0.25, -0.2) is 0 Å². The molecule has 5 N–H and O–H groups in total. The number of benzene rings is 3. The van der Waals surface area contributed by atoms with Crippen LogP contribution >= 0.6 is 0 Å². The molecule has 1 aliphatic heterocycles. The van der Waals surface area contributed by atoms with Gasteiger partial charge >= 0.3 is 6.18 Å². The monoisotopic (exact) mass is 499 g/mol. The lowest BCUT2D eigenvalue weighted by Crippen LogP contribution is -2.39. The van der Waals surface area contributed by atoms with E-state index in [4.69, 9.17) is 5.73 Å². The first-order chi connectivity index (χ1) is 17.3. The maximum Gasteiger partial charge on any atom is 0.416 e. The van der Waals surface area contributed by atoms with E-state index in [-0.39, 0.29) is 11.7 Å². The van der Waals surface area contributed by atoms with Crippen LogP contribution in [0.1, 0.15) is 61.8 Å². The van der Waals surface area contributed by atoms with E-state index in [1.165, 1.54) is 12.1 Å². The van der Waals surface area contributed by atoms with Gasteiger partial charge in [0, 0.05) is 23.9 Å². The van der Waals surface area contributed by atoms with Gasteiger partial charge in [0.1, 0.15) is 12.0 Å². The molecule has 1 aliphatic rings. The molecule has 0 amide bonds. The van der Waals surface area contributed by atoms with Gasteiger partial charge in [0.15, 0.2) is 0 Å². The Kier molecular flexibility index (Phi) is 11.4.